The van der Waals surface area contributed by atoms with Gasteiger partial charge in [0, 0.05) is 23.9 Å². The van der Waals surface area contributed by atoms with Crippen LogP contribution in [0.1, 0.15) is 22.5 Å². The van der Waals surface area contributed by atoms with Gasteiger partial charge >= 0.3 is 6.36 Å². The molecular formula is C20H21F3N2O6S. The highest BCUT2D eigenvalue weighted by Crippen LogP contribution is 2.42. The first kappa shape index (κ1) is 22.8. The number of thiazole rings is 1. The Morgan fingerprint density at radius 3 is 2.91 bits per heavy atom. The topological polar surface area (TPSA) is 79.4 Å². The molecule has 32 heavy (non-hydrogen) atoms. The molecule has 0 radical (unpaired) electrons. The van der Waals surface area contributed by atoms with Crippen LogP contribution in [-0.4, -0.2) is 68.5 Å². The van der Waals surface area contributed by atoms with Crippen molar-refractivity contribution in [3.05, 3.63) is 40.3 Å². The number of alkyl halides is 3. The van der Waals surface area contributed by atoms with Crippen LogP contribution in [-0.2, 0) is 19.8 Å². The van der Waals surface area contributed by atoms with Crippen molar-refractivity contribution in [1.29, 1.82) is 0 Å². The number of hydrogen-bond donors (Lipinski definition) is 0. The zero-order valence-electron chi connectivity index (χ0n) is 17.1. The number of piperidine rings is 1. The minimum Gasteiger partial charge on any atom is -0.493 e. The quantitative estimate of drug-likeness (QED) is 0.571. The molecule has 2 fully saturated rings. The van der Waals surface area contributed by atoms with Gasteiger partial charge in [-0.1, -0.05) is 0 Å². The van der Waals surface area contributed by atoms with Crippen molar-refractivity contribution in [2.45, 2.75) is 24.5 Å². The lowest BCUT2D eigenvalue weighted by Gasteiger charge is -2.40. The second kappa shape index (κ2) is 9.22. The highest BCUT2D eigenvalue weighted by molar-refractivity contribution is 7.07. The summed E-state index contributed by atoms with van der Waals surface area (Å²) in [7, 11) is 1.38. The first-order valence-corrected chi connectivity index (χ1v) is 10.7. The molecule has 2 aliphatic rings. The van der Waals surface area contributed by atoms with E-state index in [2.05, 4.69) is 9.72 Å². The number of hydrogen-bond acceptors (Lipinski definition) is 8. The average molecular weight is 474 g/mol. The Morgan fingerprint density at radius 1 is 1.34 bits per heavy atom. The van der Waals surface area contributed by atoms with Gasteiger partial charge in [0.25, 0.3) is 5.91 Å². The van der Waals surface area contributed by atoms with Gasteiger partial charge in [0.1, 0.15) is 25.1 Å². The van der Waals surface area contributed by atoms with Crippen molar-refractivity contribution in [3.63, 3.8) is 0 Å². The third-order valence-electron chi connectivity index (χ3n) is 5.42. The number of carbonyl (C=O) groups excluding carboxylic acids is 1. The van der Waals surface area contributed by atoms with E-state index in [-0.39, 0.29) is 36.9 Å². The molecule has 1 aromatic heterocycles. The summed E-state index contributed by atoms with van der Waals surface area (Å²) in [6.45, 7) is -0.0578. The number of fused-ring (bicyclic) bond motifs is 1. The van der Waals surface area contributed by atoms with E-state index >= 15 is 0 Å². The van der Waals surface area contributed by atoms with E-state index in [4.69, 9.17) is 18.9 Å². The van der Waals surface area contributed by atoms with Crippen molar-refractivity contribution in [3.8, 4) is 11.5 Å². The van der Waals surface area contributed by atoms with Gasteiger partial charge in [-0.25, -0.2) is 4.98 Å². The van der Waals surface area contributed by atoms with Crippen molar-refractivity contribution < 1.29 is 41.7 Å². The standard InChI is InChI=1S/C20H21F3N2O6S/c1-27-15-8-13(2-3-14(15)28-6-7-30-20(21,22)23)18(26)25-5-4-19(16-10-32-11-24-16)17(9-25)29-12-31-19/h2-3,8,10-11,17H,4-7,9,12H2,1H3/t17-,19-/m1/s1. The fourth-order valence-corrected chi connectivity index (χ4v) is 4.48. The third-order valence-corrected chi connectivity index (χ3v) is 6.00. The molecule has 2 aromatic rings. The molecular weight excluding hydrogens is 453 g/mol. The molecule has 0 aliphatic carbocycles. The van der Waals surface area contributed by atoms with Gasteiger partial charge in [-0.2, -0.15) is 0 Å². The molecule has 8 nitrogen and oxygen atoms in total. The molecule has 0 spiro atoms. The molecule has 0 bridgehead atoms. The van der Waals surface area contributed by atoms with Gasteiger partial charge in [-0.15, -0.1) is 24.5 Å². The van der Waals surface area contributed by atoms with Crippen LogP contribution in [0.25, 0.3) is 0 Å². The summed E-state index contributed by atoms with van der Waals surface area (Å²) in [6, 6.07) is 4.52. The fourth-order valence-electron chi connectivity index (χ4n) is 3.86. The van der Waals surface area contributed by atoms with Crippen LogP contribution in [0.2, 0.25) is 0 Å². The second-order valence-electron chi connectivity index (χ2n) is 7.19. The number of benzene rings is 1. The van der Waals surface area contributed by atoms with Crippen LogP contribution in [0.5, 0.6) is 11.5 Å². The van der Waals surface area contributed by atoms with E-state index in [0.717, 1.165) is 5.69 Å². The van der Waals surface area contributed by atoms with E-state index in [1.165, 1.54) is 30.6 Å². The van der Waals surface area contributed by atoms with Crippen LogP contribution >= 0.6 is 11.3 Å². The van der Waals surface area contributed by atoms with E-state index in [9.17, 15) is 18.0 Å². The van der Waals surface area contributed by atoms with Crippen LogP contribution in [0.3, 0.4) is 0 Å². The van der Waals surface area contributed by atoms with E-state index in [0.29, 0.717) is 25.1 Å². The van der Waals surface area contributed by atoms with Crippen molar-refractivity contribution >= 4 is 17.2 Å². The number of ether oxygens (including phenoxy) is 5. The maximum absolute atomic E-state index is 13.1. The second-order valence-corrected chi connectivity index (χ2v) is 7.91. The number of carbonyl (C=O) groups is 1. The summed E-state index contributed by atoms with van der Waals surface area (Å²) in [6.07, 6.45) is -4.51. The van der Waals surface area contributed by atoms with Crippen LogP contribution < -0.4 is 9.47 Å². The third kappa shape index (κ3) is 4.68. The summed E-state index contributed by atoms with van der Waals surface area (Å²) in [5, 5.41) is 1.93. The first-order valence-electron chi connectivity index (χ1n) is 9.77. The number of halogens is 3. The molecule has 1 aromatic carbocycles. The van der Waals surface area contributed by atoms with Gasteiger partial charge in [0.2, 0.25) is 0 Å². The molecule has 12 heteroatoms. The minimum absolute atomic E-state index is 0.141. The highest BCUT2D eigenvalue weighted by atomic mass is 32.1. The molecule has 4 rings (SSSR count). The normalized spacial score (nSPS) is 23.1. The lowest BCUT2D eigenvalue weighted by atomic mass is 9.86. The average Bonchev–Trinajstić information content (AvgIpc) is 3.45. The van der Waals surface area contributed by atoms with Gasteiger partial charge < -0.3 is 23.8 Å². The van der Waals surface area contributed by atoms with Crippen molar-refractivity contribution in [2.75, 3.05) is 40.2 Å². The largest absolute Gasteiger partial charge is 0.522 e. The Bertz CT molecular complexity index is 942. The van der Waals surface area contributed by atoms with E-state index < -0.39 is 18.6 Å². The predicted molar refractivity (Wildman–Crippen MR) is 106 cm³/mol. The lowest BCUT2D eigenvalue weighted by molar-refractivity contribution is -0.325. The summed E-state index contributed by atoms with van der Waals surface area (Å²) < 4.78 is 62.1. The van der Waals surface area contributed by atoms with Gasteiger partial charge in [0.05, 0.1) is 31.5 Å². The number of aromatic nitrogens is 1. The molecule has 2 saturated heterocycles. The Balaban J connectivity index is 1.41. The summed E-state index contributed by atoms with van der Waals surface area (Å²) >= 11 is 1.48. The Kier molecular flexibility index (Phi) is 6.56. The van der Waals surface area contributed by atoms with E-state index in [1.54, 1.807) is 16.5 Å². The van der Waals surface area contributed by atoms with Crippen molar-refractivity contribution in [1.82, 2.24) is 9.88 Å². The smallest absolute Gasteiger partial charge is 0.493 e. The number of nitrogens with zero attached hydrogens (tertiary/aromatic N) is 2. The maximum Gasteiger partial charge on any atom is 0.522 e. The summed E-state index contributed by atoms with van der Waals surface area (Å²) in [4.78, 5) is 19.2. The van der Waals surface area contributed by atoms with Gasteiger partial charge in [-0.3, -0.25) is 9.53 Å². The predicted octanol–water partition coefficient (Wildman–Crippen LogP) is 3.18. The Morgan fingerprint density at radius 2 is 2.19 bits per heavy atom. The van der Waals surface area contributed by atoms with Gasteiger partial charge in [-0.05, 0) is 18.2 Å². The number of amides is 1. The Labute approximate surface area is 185 Å². The van der Waals surface area contributed by atoms with Crippen LogP contribution in [0, 0.1) is 0 Å². The summed E-state index contributed by atoms with van der Waals surface area (Å²) in [5.74, 6) is 0.221. The first-order chi connectivity index (χ1) is 15.3. The van der Waals surface area contributed by atoms with Gasteiger partial charge in [0.15, 0.2) is 11.5 Å². The molecule has 174 valence electrons. The summed E-state index contributed by atoms with van der Waals surface area (Å²) in [5.41, 5.74) is 2.27. The number of methoxy groups -OCH3 is 1. The molecule has 3 heterocycles. The molecule has 2 aliphatic heterocycles. The van der Waals surface area contributed by atoms with Crippen LogP contribution in [0.15, 0.2) is 29.1 Å². The monoisotopic (exact) mass is 474 g/mol. The Hall–Kier alpha value is -2.41. The lowest BCUT2D eigenvalue weighted by Crippen LogP contribution is -2.53. The molecule has 0 unspecified atom stereocenters. The fraction of sp³-hybridized carbons (Fsp3) is 0.500. The zero-order valence-corrected chi connectivity index (χ0v) is 17.9. The molecule has 0 saturated carbocycles. The molecule has 0 N–H and O–H groups in total. The molecule has 2 atom stereocenters. The molecule has 1 amide bonds. The maximum atomic E-state index is 13.1. The zero-order chi connectivity index (χ0) is 22.8. The van der Waals surface area contributed by atoms with E-state index in [1.807, 2.05) is 5.38 Å². The van der Waals surface area contributed by atoms with Crippen LogP contribution in [0.4, 0.5) is 13.2 Å². The van der Waals surface area contributed by atoms with Crippen molar-refractivity contribution in [2.24, 2.45) is 0 Å². The minimum atomic E-state index is -4.72. The number of likely N-dealkylation sites (tertiary alicyclic amines) is 1. The number of rotatable bonds is 7. The highest BCUT2D eigenvalue weighted by Gasteiger charge is 2.52. The SMILES string of the molecule is COc1cc(C(=O)N2CC[C@]3(c4cscn4)OCO[C@@H]3C2)ccc1OCCOC(F)(F)F.